The smallest absolute Gasteiger partial charge is 0.224 e. The number of hydrogen-bond acceptors (Lipinski definition) is 2. The standard InChI is InChI=1S/C14H22N2O/c1-3-12(10-15)6-9-14(17)16-13-7-4-11(2)5-8-13/h4-5,7-8,12H,3,6,9-10,15H2,1-2H3,(H,16,17). The molecule has 1 aromatic carbocycles. The summed E-state index contributed by atoms with van der Waals surface area (Å²) in [5, 5.41) is 2.89. The third-order valence-corrected chi connectivity index (χ3v) is 3.03. The predicted molar refractivity (Wildman–Crippen MR) is 71.9 cm³/mol. The Balaban J connectivity index is 2.37. The van der Waals surface area contributed by atoms with Crippen LogP contribution in [0.15, 0.2) is 24.3 Å². The molecule has 0 spiro atoms. The van der Waals surface area contributed by atoms with Gasteiger partial charge in [-0.15, -0.1) is 0 Å². The van der Waals surface area contributed by atoms with Gasteiger partial charge in [-0.25, -0.2) is 0 Å². The lowest BCUT2D eigenvalue weighted by Gasteiger charge is -2.11. The maximum atomic E-state index is 11.7. The minimum atomic E-state index is 0.0701. The van der Waals surface area contributed by atoms with E-state index in [0.29, 0.717) is 18.9 Å². The summed E-state index contributed by atoms with van der Waals surface area (Å²) in [7, 11) is 0. The first-order valence-electron chi connectivity index (χ1n) is 6.22. The van der Waals surface area contributed by atoms with Crippen LogP contribution in [0.1, 0.15) is 31.7 Å². The molecule has 0 aliphatic carbocycles. The van der Waals surface area contributed by atoms with E-state index in [-0.39, 0.29) is 5.91 Å². The number of rotatable bonds is 6. The average Bonchev–Trinajstić information content (AvgIpc) is 2.33. The zero-order valence-electron chi connectivity index (χ0n) is 10.7. The van der Waals surface area contributed by atoms with E-state index in [2.05, 4.69) is 12.2 Å². The molecule has 94 valence electrons. The molecule has 1 atom stereocenters. The Labute approximate surface area is 103 Å². The molecule has 3 heteroatoms. The third-order valence-electron chi connectivity index (χ3n) is 3.03. The molecule has 3 N–H and O–H groups in total. The van der Waals surface area contributed by atoms with E-state index in [9.17, 15) is 4.79 Å². The lowest BCUT2D eigenvalue weighted by Crippen LogP contribution is -2.17. The second-order valence-corrected chi connectivity index (χ2v) is 4.46. The number of carbonyl (C=O) groups is 1. The summed E-state index contributed by atoms with van der Waals surface area (Å²) in [6.07, 6.45) is 2.45. The molecule has 0 aliphatic heterocycles. The van der Waals surface area contributed by atoms with E-state index in [4.69, 9.17) is 5.73 Å². The zero-order valence-corrected chi connectivity index (χ0v) is 10.7. The van der Waals surface area contributed by atoms with Gasteiger partial charge in [0, 0.05) is 12.1 Å². The third kappa shape index (κ3) is 5.00. The molecule has 3 nitrogen and oxygen atoms in total. The first-order valence-corrected chi connectivity index (χ1v) is 6.22. The van der Waals surface area contributed by atoms with Crippen molar-refractivity contribution < 1.29 is 4.79 Å². The number of aryl methyl sites for hydroxylation is 1. The maximum Gasteiger partial charge on any atom is 0.224 e. The van der Waals surface area contributed by atoms with Crippen LogP contribution in [0.25, 0.3) is 0 Å². The molecule has 0 saturated heterocycles. The van der Waals surface area contributed by atoms with Gasteiger partial charge in [0.1, 0.15) is 0 Å². The van der Waals surface area contributed by atoms with Crippen molar-refractivity contribution in [2.45, 2.75) is 33.1 Å². The Morgan fingerprint density at radius 1 is 1.35 bits per heavy atom. The van der Waals surface area contributed by atoms with Crippen molar-refractivity contribution in [2.75, 3.05) is 11.9 Å². The molecule has 1 rings (SSSR count). The SMILES string of the molecule is CCC(CN)CCC(=O)Nc1ccc(C)cc1. The van der Waals surface area contributed by atoms with Crippen LogP contribution in [0.4, 0.5) is 5.69 Å². The van der Waals surface area contributed by atoms with Crippen LogP contribution in [-0.2, 0) is 4.79 Å². The molecule has 1 amide bonds. The van der Waals surface area contributed by atoms with Crippen LogP contribution >= 0.6 is 0 Å². The molecular weight excluding hydrogens is 212 g/mol. The fraction of sp³-hybridized carbons (Fsp3) is 0.500. The summed E-state index contributed by atoms with van der Waals surface area (Å²) in [5.74, 6) is 0.527. The summed E-state index contributed by atoms with van der Waals surface area (Å²) in [4.78, 5) is 11.7. The number of hydrogen-bond donors (Lipinski definition) is 2. The highest BCUT2D eigenvalue weighted by atomic mass is 16.1. The number of benzene rings is 1. The number of anilines is 1. The van der Waals surface area contributed by atoms with Crippen molar-refractivity contribution in [2.24, 2.45) is 11.7 Å². The van der Waals surface area contributed by atoms with Crippen molar-refractivity contribution in [3.05, 3.63) is 29.8 Å². The molecule has 0 radical (unpaired) electrons. The molecule has 1 aromatic rings. The quantitative estimate of drug-likeness (QED) is 0.795. The van der Waals surface area contributed by atoms with Gasteiger partial charge in [0.2, 0.25) is 5.91 Å². The van der Waals surface area contributed by atoms with Crippen LogP contribution < -0.4 is 11.1 Å². The predicted octanol–water partition coefficient (Wildman–Crippen LogP) is 2.70. The van der Waals surface area contributed by atoms with Crippen LogP contribution in [0.5, 0.6) is 0 Å². The molecule has 0 heterocycles. The van der Waals surface area contributed by atoms with Crippen molar-refractivity contribution in [3.8, 4) is 0 Å². The normalized spacial score (nSPS) is 12.2. The highest BCUT2D eigenvalue weighted by molar-refractivity contribution is 5.90. The Morgan fingerprint density at radius 2 is 2.00 bits per heavy atom. The summed E-state index contributed by atoms with van der Waals surface area (Å²) >= 11 is 0. The van der Waals surface area contributed by atoms with Gasteiger partial charge in [-0.05, 0) is 37.9 Å². The van der Waals surface area contributed by atoms with E-state index in [1.807, 2.05) is 31.2 Å². The largest absolute Gasteiger partial charge is 0.330 e. The molecule has 0 fully saturated rings. The average molecular weight is 234 g/mol. The van der Waals surface area contributed by atoms with Gasteiger partial charge in [-0.1, -0.05) is 31.0 Å². The van der Waals surface area contributed by atoms with Crippen molar-refractivity contribution in [1.82, 2.24) is 0 Å². The Morgan fingerprint density at radius 3 is 2.53 bits per heavy atom. The molecule has 0 bridgehead atoms. The van der Waals surface area contributed by atoms with Gasteiger partial charge < -0.3 is 11.1 Å². The number of amides is 1. The van der Waals surface area contributed by atoms with Crippen molar-refractivity contribution >= 4 is 11.6 Å². The van der Waals surface area contributed by atoms with Crippen molar-refractivity contribution in [1.29, 1.82) is 0 Å². The topological polar surface area (TPSA) is 55.1 Å². The molecule has 17 heavy (non-hydrogen) atoms. The van der Waals surface area contributed by atoms with E-state index in [1.165, 1.54) is 5.56 Å². The van der Waals surface area contributed by atoms with E-state index in [1.54, 1.807) is 0 Å². The number of nitrogens with two attached hydrogens (primary N) is 1. The van der Waals surface area contributed by atoms with Gasteiger partial charge in [0.05, 0.1) is 0 Å². The van der Waals surface area contributed by atoms with Crippen LogP contribution in [0, 0.1) is 12.8 Å². The first-order chi connectivity index (χ1) is 8.15. The second-order valence-electron chi connectivity index (χ2n) is 4.46. The van der Waals surface area contributed by atoms with Crippen LogP contribution in [-0.4, -0.2) is 12.5 Å². The second kappa shape index (κ2) is 7.07. The van der Waals surface area contributed by atoms with E-state index >= 15 is 0 Å². The molecule has 0 aliphatic rings. The van der Waals surface area contributed by atoms with E-state index < -0.39 is 0 Å². The number of nitrogens with one attached hydrogen (secondary N) is 1. The lowest BCUT2D eigenvalue weighted by atomic mass is 10.0. The molecule has 0 aromatic heterocycles. The van der Waals surface area contributed by atoms with Gasteiger partial charge in [-0.3, -0.25) is 4.79 Å². The molecule has 0 saturated carbocycles. The van der Waals surface area contributed by atoms with Crippen LogP contribution in [0.2, 0.25) is 0 Å². The highest BCUT2D eigenvalue weighted by Gasteiger charge is 2.08. The molecular formula is C14H22N2O. The summed E-state index contributed by atoms with van der Waals surface area (Å²) < 4.78 is 0. The zero-order chi connectivity index (χ0) is 12.7. The first kappa shape index (κ1) is 13.7. The number of carbonyl (C=O) groups excluding carboxylic acids is 1. The van der Waals surface area contributed by atoms with Gasteiger partial charge in [0.15, 0.2) is 0 Å². The highest BCUT2D eigenvalue weighted by Crippen LogP contribution is 2.12. The van der Waals surface area contributed by atoms with Gasteiger partial charge >= 0.3 is 0 Å². The summed E-state index contributed by atoms with van der Waals surface area (Å²) in [6.45, 7) is 4.79. The summed E-state index contributed by atoms with van der Waals surface area (Å²) in [5.41, 5.74) is 7.66. The van der Waals surface area contributed by atoms with Crippen molar-refractivity contribution in [3.63, 3.8) is 0 Å². The minimum absolute atomic E-state index is 0.0701. The lowest BCUT2D eigenvalue weighted by molar-refractivity contribution is -0.116. The minimum Gasteiger partial charge on any atom is -0.330 e. The Kier molecular flexibility index (Phi) is 5.70. The monoisotopic (exact) mass is 234 g/mol. The molecule has 1 unspecified atom stereocenters. The van der Waals surface area contributed by atoms with Gasteiger partial charge in [-0.2, -0.15) is 0 Å². The fourth-order valence-electron chi connectivity index (χ4n) is 1.68. The van der Waals surface area contributed by atoms with Gasteiger partial charge in [0.25, 0.3) is 0 Å². The Hall–Kier alpha value is -1.35. The fourth-order valence-corrected chi connectivity index (χ4v) is 1.68. The van der Waals surface area contributed by atoms with Crippen LogP contribution in [0.3, 0.4) is 0 Å². The van der Waals surface area contributed by atoms with E-state index in [0.717, 1.165) is 18.5 Å². The summed E-state index contributed by atoms with van der Waals surface area (Å²) in [6, 6.07) is 7.83. The Bertz CT molecular complexity index is 342. The maximum absolute atomic E-state index is 11.7.